The normalized spacial score (nSPS) is 20.1. The molecule has 1 atom stereocenters. The molecule has 0 radical (unpaired) electrons. The van der Waals surface area contributed by atoms with Crippen LogP contribution in [0.4, 0.5) is 0 Å². The van der Waals surface area contributed by atoms with Gasteiger partial charge in [-0.2, -0.15) is 0 Å². The topological polar surface area (TPSA) is 41.6 Å². The van der Waals surface area contributed by atoms with E-state index < -0.39 is 0 Å². The number of hydrogen-bond donors (Lipinski definition) is 1. The Morgan fingerprint density at radius 2 is 2.29 bits per heavy atom. The van der Waals surface area contributed by atoms with Gasteiger partial charge in [0.2, 0.25) is 5.91 Å². The third-order valence-electron chi connectivity index (χ3n) is 2.21. The summed E-state index contributed by atoms with van der Waals surface area (Å²) in [5.74, 6) is -0.106. The molecule has 0 aromatic heterocycles. The van der Waals surface area contributed by atoms with Crippen molar-refractivity contribution in [2.24, 2.45) is 0 Å². The first kappa shape index (κ1) is 11.2. The van der Waals surface area contributed by atoms with E-state index in [2.05, 4.69) is 16.8 Å². The molecular formula is C10H18N2O2. The van der Waals surface area contributed by atoms with Crippen LogP contribution < -0.4 is 5.32 Å². The average Bonchev–Trinajstić information content (AvgIpc) is 2.19. The van der Waals surface area contributed by atoms with Gasteiger partial charge in [-0.05, 0) is 13.0 Å². The van der Waals surface area contributed by atoms with Crippen LogP contribution in [0, 0.1) is 0 Å². The van der Waals surface area contributed by atoms with Crippen molar-refractivity contribution < 1.29 is 9.53 Å². The molecule has 1 aliphatic rings. The Bertz CT molecular complexity index is 200. The molecule has 0 aliphatic carbocycles. The average molecular weight is 198 g/mol. The summed E-state index contributed by atoms with van der Waals surface area (Å²) < 4.78 is 5.24. The number of carbonyl (C=O) groups is 1. The van der Waals surface area contributed by atoms with Crippen molar-refractivity contribution in [3.63, 3.8) is 0 Å². The molecule has 1 amide bonds. The summed E-state index contributed by atoms with van der Waals surface area (Å²) in [7, 11) is 0. The summed E-state index contributed by atoms with van der Waals surface area (Å²) >= 11 is 0. The van der Waals surface area contributed by atoms with Gasteiger partial charge in [0.1, 0.15) is 0 Å². The second kappa shape index (κ2) is 5.78. The molecule has 1 N–H and O–H groups in total. The summed E-state index contributed by atoms with van der Waals surface area (Å²) in [5, 5.41) is 2.84. The van der Waals surface area contributed by atoms with Crippen LogP contribution >= 0.6 is 0 Å². The Hall–Kier alpha value is -0.870. The molecule has 1 saturated heterocycles. The van der Waals surface area contributed by atoms with Crippen molar-refractivity contribution in [2.45, 2.75) is 13.0 Å². The Balaban J connectivity index is 2.21. The van der Waals surface area contributed by atoms with Crippen molar-refractivity contribution >= 4 is 5.91 Å². The number of nitrogens with zero attached hydrogens (tertiary/aromatic N) is 1. The molecule has 80 valence electrons. The van der Waals surface area contributed by atoms with E-state index in [1.54, 1.807) is 0 Å². The SMILES string of the molecule is C=CC(=O)NC(C)CN1CCOCC1. The molecule has 0 aromatic carbocycles. The van der Waals surface area contributed by atoms with Gasteiger partial charge in [0.15, 0.2) is 0 Å². The van der Waals surface area contributed by atoms with Crippen LogP contribution in [-0.2, 0) is 9.53 Å². The minimum absolute atomic E-state index is 0.106. The second-order valence-electron chi connectivity index (χ2n) is 3.53. The lowest BCUT2D eigenvalue weighted by atomic mass is 10.3. The van der Waals surface area contributed by atoms with Crippen LogP contribution in [0.15, 0.2) is 12.7 Å². The molecule has 0 spiro atoms. The summed E-state index contributed by atoms with van der Waals surface area (Å²) in [6.45, 7) is 9.78. The van der Waals surface area contributed by atoms with Gasteiger partial charge in [-0.15, -0.1) is 0 Å². The van der Waals surface area contributed by atoms with Crippen LogP contribution in [0.5, 0.6) is 0 Å². The highest BCUT2D eigenvalue weighted by Gasteiger charge is 2.13. The second-order valence-corrected chi connectivity index (χ2v) is 3.53. The summed E-state index contributed by atoms with van der Waals surface area (Å²) in [6, 6.07) is 0.165. The molecule has 1 unspecified atom stereocenters. The number of nitrogens with one attached hydrogen (secondary N) is 1. The maximum absolute atomic E-state index is 11.0. The molecule has 0 saturated carbocycles. The monoisotopic (exact) mass is 198 g/mol. The number of amides is 1. The maximum Gasteiger partial charge on any atom is 0.243 e. The van der Waals surface area contributed by atoms with Crippen molar-refractivity contribution in [3.05, 3.63) is 12.7 Å². The van der Waals surface area contributed by atoms with Gasteiger partial charge < -0.3 is 10.1 Å². The highest BCUT2D eigenvalue weighted by atomic mass is 16.5. The lowest BCUT2D eigenvalue weighted by Gasteiger charge is -2.29. The number of rotatable bonds is 4. The zero-order valence-corrected chi connectivity index (χ0v) is 8.66. The third-order valence-corrected chi connectivity index (χ3v) is 2.21. The molecule has 0 aromatic rings. The fraction of sp³-hybridized carbons (Fsp3) is 0.700. The zero-order chi connectivity index (χ0) is 10.4. The lowest BCUT2D eigenvalue weighted by molar-refractivity contribution is -0.117. The standard InChI is InChI=1S/C10H18N2O2/c1-3-10(13)11-9(2)8-12-4-6-14-7-5-12/h3,9H,1,4-8H2,2H3,(H,11,13). The van der Waals surface area contributed by atoms with E-state index in [1.165, 1.54) is 6.08 Å². The molecule has 1 fully saturated rings. The number of ether oxygens (including phenoxy) is 1. The Labute approximate surface area is 84.9 Å². The van der Waals surface area contributed by atoms with E-state index in [4.69, 9.17) is 4.74 Å². The first-order valence-electron chi connectivity index (χ1n) is 4.95. The van der Waals surface area contributed by atoms with Crippen LogP contribution in [-0.4, -0.2) is 49.7 Å². The highest BCUT2D eigenvalue weighted by Crippen LogP contribution is 1.98. The molecule has 1 aliphatic heterocycles. The molecule has 0 bridgehead atoms. The summed E-state index contributed by atoms with van der Waals surface area (Å²) in [6.07, 6.45) is 1.30. The van der Waals surface area contributed by atoms with Crippen molar-refractivity contribution in [1.82, 2.24) is 10.2 Å². The van der Waals surface area contributed by atoms with Gasteiger partial charge in [-0.3, -0.25) is 9.69 Å². The van der Waals surface area contributed by atoms with E-state index in [0.29, 0.717) is 0 Å². The number of morpholine rings is 1. The van der Waals surface area contributed by atoms with Gasteiger partial charge in [0, 0.05) is 25.7 Å². The molecule has 4 heteroatoms. The molecule has 4 nitrogen and oxygen atoms in total. The molecule has 1 heterocycles. The van der Waals surface area contributed by atoms with E-state index in [0.717, 1.165) is 32.8 Å². The Morgan fingerprint density at radius 1 is 1.64 bits per heavy atom. The Kier molecular flexibility index (Phi) is 4.62. The third kappa shape index (κ3) is 3.89. The van der Waals surface area contributed by atoms with Crippen LogP contribution in [0.1, 0.15) is 6.92 Å². The first-order valence-corrected chi connectivity index (χ1v) is 4.95. The quantitative estimate of drug-likeness (QED) is 0.647. The lowest BCUT2D eigenvalue weighted by Crippen LogP contribution is -2.45. The largest absolute Gasteiger partial charge is 0.379 e. The minimum Gasteiger partial charge on any atom is -0.379 e. The van der Waals surface area contributed by atoms with Gasteiger partial charge in [0.05, 0.1) is 13.2 Å². The van der Waals surface area contributed by atoms with E-state index in [9.17, 15) is 4.79 Å². The Morgan fingerprint density at radius 3 is 2.86 bits per heavy atom. The van der Waals surface area contributed by atoms with E-state index in [-0.39, 0.29) is 11.9 Å². The molecule has 1 rings (SSSR count). The van der Waals surface area contributed by atoms with Crippen molar-refractivity contribution in [3.8, 4) is 0 Å². The minimum atomic E-state index is -0.106. The van der Waals surface area contributed by atoms with Gasteiger partial charge >= 0.3 is 0 Å². The molecular weight excluding hydrogens is 180 g/mol. The first-order chi connectivity index (χ1) is 6.72. The van der Waals surface area contributed by atoms with Gasteiger partial charge in [-0.25, -0.2) is 0 Å². The predicted octanol–water partition coefficient (Wildman–Crippen LogP) is 0.00930. The number of carbonyl (C=O) groups excluding carboxylic acids is 1. The zero-order valence-electron chi connectivity index (χ0n) is 8.66. The van der Waals surface area contributed by atoms with Crippen molar-refractivity contribution in [2.75, 3.05) is 32.8 Å². The summed E-state index contributed by atoms with van der Waals surface area (Å²) in [4.78, 5) is 13.3. The van der Waals surface area contributed by atoms with E-state index >= 15 is 0 Å². The maximum atomic E-state index is 11.0. The van der Waals surface area contributed by atoms with Crippen LogP contribution in [0.3, 0.4) is 0 Å². The number of hydrogen-bond acceptors (Lipinski definition) is 3. The smallest absolute Gasteiger partial charge is 0.243 e. The fourth-order valence-electron chi connectivity index (χ4n) is 1.52. The summed E-state index contributed by atoms with van der Waals surface area (Å²) in [5.41, 5.74) is 0. The van der Waals surface area contributed by atoms with Gasteiger partial charge in [-0.1, -0.05) is 6.58 Å². The molecule has 14 heavy (non-hydrogen) atoms. The fourth-order valence-corrected chi connectivity index (χ4v) is 1.52. The van der Waals surface area contributed by atoms with Crippen LogP contribution in [0.25, 0.3) is 0 Å². The van der Waals surface area contributed by atoms with E-state index in [1.807, 2.05) is 6.92 Å². The van der Waals surface area contributed by atoms with Crippen molar-refractivity contribution in [1.29, 1.82) is 0 Å². The predicted molar refractivity (Wildman–Crippen MR) is 55.1 cm³/mol. The van der Waals surface area contributed by atoms with Gasteiger partial charge in [0.25, 0.3) is 0 Å². The highest BCUT2D eigenvalue weighted by molar-refractivity contribution is 5.87. The van der Waals surface area contributed by atoms with Crippen LogP contribution in [0.2, 0.25) is 0 Å².